The highest BCUT2D eigenvalue weighted by molar-refractivity contribution is 5.90. The molecule has 1 aromatic carbocycles. The summed E-state index contributed by atoms with van der Waals surface area (Å²) in [6.07, 6.45) is 13.3. The van der Waals surface area contributed by atoms with Crippen LogP contribution < -0.4 is 11.1 Å². The number of carbonyl (C=O) groups is 5. The molecule has 1 heterocycles. The minimum Gasteiger partial charge on any atom is -0.461 e. The van der Waals surface area contributed by atoms with Gasteiger partial charge in [-0.05, 0) is 64.9 Å². The van der Waals surface area contributed by atoms with Gasteiger partial charge in [-0.1, -0.05) is 101 Å². The number of carbonyl (C=O) groups excluding carboxylic acids is 5. The second-order valence-electron chi connectivity index (χ2n) is 14.5. The molecular formula is C39H63N3O8. The Balaban J connectivity index is 1.98. The molecule has 1 saturated heterocycles. The molecule has 3 atom stereocenters. The highest BCUT2D eigenvalue weighted by Gasteiger charge is 2.38. The third-order valence-corrected chi connectivity index (χ3v) is 8.74. The molecule has 0 aromatic heterocycles. The van der Waals surface area contributed by atoms with Gasteiger partial charge >= 0.3 is 18.0 Å². The number of likely N-dealkylation sites (tertiary alicyclic amines) is 1. The van der Waals surface area contributed by atoms with Gasteiger partial charge in [0.2, 0.25) is 11.8 Å². The molecule has 11 heteroatoms. The third-order valence-electron chi connectivity index (χ3n) is 8.74. The van der Waals surface area contributed by atoms with Crippen molar-refractivity contribution in [2.24, 2.45) is 5.73 Å². The molecule has 1 fully saturated rings. The monoisotopic (exact) mass is 701 g/mol. The van der Waals surface area contributed by atoms with Gasteiger partial charge in [-0.3, -0.25) is 19.3 Å². The number of primary amides is 1. The van der Waals surface area contributed by atoms with Crippen molar-refractivity contribution in [2.75, 3.05) is 6.54 Å². The normalized spacial score (nSPS) is 15.6. The molecule has 3 N–H and O–H groups in total. The molecule has 1 aromatic rings. The average molecular weight is 702 g/mol. The SMILES string of the molecule is CCCCCCCCCCCCC[C@@H](CC(N)=O)OC(=O)[C@H](CCCC(=O)OCc1ccccc1)NC(=O)[C@@H]1CCCN1C(=O)OC(C)(C)C. The zero-order chi connectivity index (χ0) is 36.8. The van der Waals surface area contributed by atoms with Crippen molar-refractivity contribution in [1.29, 1.82) is 0 Å². The molecular weight excluding hydrogens is 638 g/mol. The van der Waals surface area contributed by atoms with Gasteiger partial charge < -0.3 is 25.3 Å². The molecule has 50 heavy (non-hydrogen) atoms. The van der Waals surface area contributed by atoms with Gasteiger partial charge in [0.25, 0.3) is 0 Å². The lowest BCUT2D eigenvalue weighted by Crippen LogP contribution is -2.52. The number of hydrogen-bond donors (Lipinski definition) is 2. The summed E-state index contributed by atoms with van der Waals surface area (Å²) in [4.78, 5) is 65.7. The Kier molecular flexibility index (Phi) is 20.2. The number of nitrogens with zero attached hydrogens (tertiary/aromatic N) is 1. The van der Waals surface area contributed by atoms with Crippen LogP contribution in [0.15, 0.2) is 30.3 Å². The molecule has 1 aliphatic heterocycles. The van der Waals surface area contributed by atoms with E-state index in [4.69, 9.17) is 19.9 Å². The Morgan fingerprint density at radius 3 is 2.10 bits per heavy atom. The second kappa shape index (κ2) is 23.7. The summed E-state index contributed by atoms with van der Waals surface area (Å²) in [6, 6.07) is 7.41. The van der Waals surface area contributed by atoms with Crippen LogP contribution in [-0.4, -0.2) is 65.1 Å². The van der Waals surface area contributed by atoms with Crippen LogP contribution in [0.3, 0.4) is 0 Å². The standard InChI is InChI=1S/C39H63N3O8/c1-5-6-7-8-9-10-11-12-13-14-18-23-31(28-34(40)43)49-37(46)32(24-19-26-35(44)48-29-30-21-16-15-17-22-30)41-36(45)33-25-20-27-42(33)38(47)50-39(2,3)4/h15-17,21-22,31-33H,5-14,18-20,23-29H2,1-4H3,(H2,40,43)(H,41,45)/t31-,32-,33-/m0/s1. The van der Waals surface area contributed by atoms with E-state index in [9.17, 15) is 24.0 Å². The van der Waals surface area contributed by atoms with E-state index in [1.807, 2.05) is 30.3 Å². The maximum absolute atomic E-state index is 13.6. The van der Waals surface area contributed by atoms with Gasteiger partial charge in [-0.2, -0.15) is 0 Å². The fourth-order valence-corrected chi connectivity index (χ4v) is 6.07. The number of nitrogens with two attached hydrogens (primary N) is 1. The van der Waals surface area contributed by atoms with Crippen molar-refractivity contribution in [3.63, 3.8) is 0 Å². The van der Waals surface area contributed by atoms with Crippen LogP contribution >= 0.6 is 0 Å². The number of hydrogen-bond acceptors (Lipinski definition) is 8. The van der Waals surface area contributed by atoms with E-state index >= 15 is 0 Å². The van der Waals surface area contributed by atoms with Crippen molar-refractivity contribution < 1.29 is 38.2 Å². The van der Waals surface area contributed by atoms with E-state index in [2.05, 4.69) is 12.2 Å². The molecule has 11 nitrogen and oxygen atoms in total. The quantitative estimate of drug-likeness (QED) is 0.0648. The van der Waals surface area contributed by atoms with Crippen LogP contribution in [0.25, 0.3) is 0 Å². The van der Waals surface area contributed by atoms with Crippen LogP contribution in [0.2, 0.25) is 0 Å². The van der Waals surface area contributed by atoms with Crippen LogP contribution in [0.4, 0.5) is 4.79 Å². The van der Waals surface area contributed by atoms with E-state index in [0.717, 1.165) is 31.2 Å². The second-order valence-corrected chi connectivity index (χ2v) is 14.5. The maximum Gasteiger partial charge on any atom is 0.410 e. The molecule has 0 saturated carbocycles. The summed E-state index contributed by atoms with van der Waals surface area (Å²) >= 11 is 0. The van der Waals surface area contributed by atoms with Crippen molar-refractivity contribution in [1.82, 2.24) is 10.2 Å². The zero-order valence-electron chi connectivity index (χ0n) is 31.1. The highest BCUT2D eigenvalue weighted by Crippen LogP contribution is 2.22. The predicted octanol–water partition coefficient (Wildman–Crippen LogP) is 7.27. The topological polar surface area (TPSA) is 154 Å². The molecule has 0 radical (unpaired) electrons. The van der Waals surface area contributed by atoms with Crippen LogP contribution in [0.1, 0.15) is 149 Å². The number of esters is 2. The predicted molar refractivity (Wildman–Crippen MR) is 193 cm³/mol. The van der Waals surface area contributed by atoms with Gasteiger partial charge in [0.15, 0.2) is 0 Å². The summed E-state index contributed by atoms with van der Waals surface area (Å²) in [5.41, 5.74) is 5.64. The Labute approximate surface area is 299 Å². The van der Waals surface area contributed by atoms with Gasteiger partial charge in [0.1, 0.15) is 30.4 Å². The number of ether oxygens (including phenoxy) is 3. The van der Waals surface area contributed by atoms with Gasteiger partial charge in [-0.15, -0.1) is 0 Å². The first-order chi connectivity index (χ1) is 23.9. The van der Waals surface area contributed by atoms with Crippen molar-refractivity contribution in [2.45, 2.75) is 174 Å². The van der Waals surface area contributed by atoms with Crippen LogP contribution in [-0.2, 0) is 40.0 Å². The fraction of sp³-hybridized carbons (Fsp3) is 0.718. The Morgan fingerprint density at radius 2 is 1.50 bits per heavy atom. The highest BCUT2D eigenvalue weighted by atomic mass is 16.6. The molecule has 0 bridgehead atoms. The van der Waals surface area contributed by atoms with E-state index in [-0.39, 0.29) is 32.3 Å². The van der Waals surface area contributed by atoms with Crippen LogP contribution in [0, 0.1) is 0 Å². The van der Waals surface area contributed by atoms with Gasteiger partial charge in [0.05, 0.1) is 6.42 Å². The summed E-state index contributed by atoms with van der Waals surface area (Å²) in [5.74, 6) is -2.21. The molecule has 2 rings (SSSR count). The fourth-order valence-electron chi connectivity index (χ4n) is 6.07. The molecule has 282 valence electrons. The third kappa shape index (κ3) is 18.4. The summed E-state index contributed by atoms with van der Waals surface area (Å²) in [7, 11) is 0. The first-order valence-corrected chi connectivity index (χ1v) is 18.9. The Hall–Kier alpha value is -3.63. The van der Waals surface area contributed by atoms with E-state index in [0.29, 0.717) is 25.8 Å². The minimum atomic E-state index is -1.10. The van der Waals surface area contributed by atoms with Gasteiger partial charge in [-0.25, -0.2) is 9.59 Å². The lowest BCUT2D eigenvalue weighted by molar-refractivity contribution is -0.155. The zero-order valence-corrected chi connectivity index (χ0v) is 31.1. The van der Waals surface area contributed by atoms with E-state index in [1.165, 1.54) is 49.8 Å². The molecule has 0 spiro atoms. The lowest BCUT2D eigenvalue weighted by atomic mass is 10.0. The molecule has 0 unspecified atom stereocenters. The van der Waals surface area contributed by atoms with Gasteiger partial charge in [0, 0.05) is 13.0 Å². The summed E-state index contributed by atoms with van der Waals surface area (Å²) < 4.78 is 16.7. The largest absolute Gasteiger partial charge is 0.461 e. The van der Waals surface area contributed by atoms with Crippen LogP contribution in [0.5, 0.6) is 0 Å². The van der Waals surface area contributed by atoms with Crippen molar-refractivity contribution in [3.05, 3.63) is 35.9 Å². The average Bonchev–Trinajstić information content (AvgIpc) is 3.56. The minimum absolute atomic E-state index is 0.0312. The Morgan fingerprint density at radius 1 is 0.880 bits per heavy atom. The Bertz CT molecular complexity index is 1170. The summed E-state index contributed by atoms with van der Waals surface area (Å²) in [5, 5.41) is 2.78. The maximum atomic E-state index is 13.6. The number of amides is 3. The first kappa shape index (κ1) is 42.5. The molecule has 0 aliphatic carbocycles. The number of benzene rings is 1. The van der Waals surface area contributed by atoms with Crippen molar-refractivity contribution in [3.8, 4) is 0 Å². The van der Waals surface area contributed by atoms with Crippen molar-refractivity contribution >= 4 is 29.8 Å². The molecule has 3 amide bonds. The smallest absolute Gasteiger partial charge is 0.410 e. The number of unbranched alkanes of at least 4 members (excludes halogenated alkanes) is 10. The van der Waals surface area contributed by atoms with E-state index < -0.39 is 53.6 Å². The summed E-state index contributed by atoms with van der Waals surface area (Å²) in [6.45, 7) is 7.98. The first-order valence-electron chi connectivity index (χ1n) is 18.9. The molecule has 1 aliphatic rings. The number of nitrogens with one attached hydrogen (secondary N) is 1. The number of rotatable bonds is 24. The van der Waals surface area contributed by atoms with E-state index in [1.54, 1.807) is 20.8 Å². The lowest BCUT2D eigenvalue weighted by Gasteiger charge is -2.29.